The highest BCUT2D eigenvalue weighted by atomic mass is 32.1. The summed E-state index contributed by atoms with van der Waals surface area (Å²) in [6.07, 6.45) is 1.52. The molecule has 0 saturated heterocycles. The van der Waals surface area contributed by atoms with Crippen molar-refractivity contribution < 1.29 is 14.3 Å². The first-order valence-electron chi connectivity index (χ1n) is 8.50. The van der Waals surface area contributed by atoms with Gasteiger partial charge in [-0.05, 0) is 23.6 Å². The molecule has 8 nitrogen and oxygen atoms in total. The molecule has 1 N–H and O–H groups in total. The van der Waals surface area contributed by atoms with Crippen LogP contribution in [0.3, 0.4) is 0 Å². The van der Waals surface area contributed by atoms with Crippen LogP contribution >= 0.6 is 22.7 Å². The van der Waals surface area contributed by atoms with Crippen molar-refractivity contribution in [2.45, 2.75) is 6.54 Å². The Hall–Kier alpha value is -3.24. The third kappa shape index (κ3) is 3.71. The van der Waals surface area contributed by atoms with Gasteiger partial charge < -0.3 is 14.8 Å². The molecule has 0 fully saturated rings. The van der Waals surface area contributed by atoms with Crippen molar-refractivity contribution >= 4 is 44.5 Å². The molecule has 4 rings (SSSR count). The molecule has 3 heterocycles. The summed E-state index contributed by atoms with van der Waals surface area (Å²) in [5.41, 5.74) is 0.366. The second-order valence-corrected chi connectivity index (χ2v) is 7.74. The van der Waals surface area contributed by atoms with Crippen LogP contribution in [0, 0.1) is 0 Å². The number of hydrogen-bond acceptors (Lipinski definition) is 8. The third-order valence-corrected chi connectivity index (χ3v) is 5.83. The third-order valence-electron chi connectivity index (χ3n) is 4.18. The lowest BCUT2D eigenvalue weighted by Crippen LogP contribution is -2.29. The number of carbonyl (C=O) groups excluding carboxylic acids is 1. The molecule has 0 aliphatic rings. The van der Waals surface area contributed by atoms with Crippen LogP contribution in [0.4, 0.5) is 5.13 Å². The molecule has 0 radical (unpaired) electrons. The summed E-state index contributed by atoms with van der Waals surface area (Å²) in [6.45, 7) is -0.247. The standard InChI is InChI=1S/C19H16N4O4S2/c1-26-13-6-5-11-8-20-23(18(25)16(11)17(13)27-2)9-15(24)22-19-21-12(10-29-19)14-4-3-7-28-14/h3-8,10H,9H2,1-2H3,(H,21,22,24). The molecule has 29 heavy (non-hydrogen) atoms. The van der Waals surface area contributed by atoms with E-state index in [1.54, 1.807) is 23.5 Å². The lowest BCUT2D eigenvalue weighted by atomic mass is 10.1. The molecule has 10 heteroatoms. The largest absolute Gasteiger partial charge is 0.493 e. The molecule has 0 spiro atoms. The predicted molar refractivity (Wildman–Crippen MR) is 113 cm³/mol. The SMILES string of the molecule is COc1ccc2cnn(CC(=O)Nc3nc(-c4cccs4)cs3)c(=O)c2c1OC. The molecule has 4 aromatic rings. The van der Waals surface area contributed by atoms with Gasteiger partial charge in [-0.1, -0.05) is 6.07 Å². The van der Waals surface area contributed by atoms with Crippen LogP contribution in [0.5, 0.6) is 11.5 Å². The number of benzene rings is 1. The van der Waals surface area contributed by atoms with Gasteiger partial charge in [0.2, 0.25) is 5.91 Å². The minimum absolute atomic E-state index is 0.247. The highest BCUT2D eigenvalue weighted by Crippen LogP contribution is 2.32. The van der Waals surface area contributed by atoms with Crippen LogP contribution in [0.2, 0.25) is 0 Å². The minimum Gasteiger partial charge on any atom is -0.493 e. The Balaban J connectivity index is 1.58. The monoisotopic (exact) mass is 428 g/mol. The van der Waals surface area contributed by atoms with Gasteiger partial charge in [-0.3, -0.25) is 9.59 Å². The van der Waals surface area contributed by atoms with Crippen LogP contribution in [0.1, 0.15) is 0 Å². The zero-order chi connectivity index (χ0) is 20.4. The fraction of sp³-hybridized carbons (Fsp3) is 0.158. The van der Waals surface area contributed by atoms with E-state index >= 15 is 0 Å². The van der Waals surface area contributed by atoms with Gasteiger partial charge in [-0.25, -0.2) is 9.67 Å². The van der Waals surface area contributed by atoms with Crippen LogP contribution in [-0.2, 0) is 11.3 Å². The number of nitrogens with one attached hydrogen (secondary N) is 1. The molecule has 148 valence electrons. The Morgan fingerprint density at radius 1 is 1.21 bits per heavy atom. The lowest BCUT2D eigenvalue weighted by molar-refractivity contribution is -0.117. The van der Waals surface area contributed by atoms with Crippen molar-refractivity contribution in [2.75, 3.05) is 19.5 Å². The van der Waals surface area contributed by atoms with Crippen molar-refractivity contribution in [2.24, 2.45) is 0 Å². The van der Waals surface area contributed by atoms with Crippen molar-refractivity contribution in [3.63, 3.8) is 0 Å². The first-order chi connectivity index (χ1) is 14.1. The zero-order valence-corrected chi connectivity index (χ0v) is 17.2. The van der Waals surface area contributed by atoms with Crippen molar-refractivity contribution in [1.82, 2.24) is 14.8 Å². The van der Waals surface area contributed by atoms with Crippen molar-refractivity contribution in [1.29, 1.82) is 0 Å². The Bertz CT molecular complexity index is 1230. The zero-order valence-electron chi connectivity index (χ0n) is 15.5. The van der Waals surface area contributed by atoms with Gasteiger partial charge in [0.25, 0.3) is 5.56 Å². The molecular formula is C19H16N4O4S2. The fourth-order valence-corrected chi connectivity index (χ4v) is 4.35. The molecule has 1 aromatic carbocycles. The van der Waals surface area contributed by atoms with E-state index < -0.39 is 11.5 Å². The summed E-state index contributed by atoms with van der Waals surface area (Å²) in [7, 11) is 2.96. The molecule has 0 aliphatic carbocycles. The van der Waals surface area contributed by atoms with Gasteiger partial charge >= 0.3 is 0 Å². The van der Waals surface area contributed by atoms with Crippen LogP contribution in [0.15, 0.2) is 46.0 Å². The van der Waals surface area contributed by atoms with E-state index in [9.17, 15) is 9.59 Å². The maximum atomic E-state index is 12.9. The van der Waals surface area contributed by atoms with Crippen LogP contribution < -0.4 is 20.3 Å². The number of anilines is 1. The molecule has 0 saturated carbocycles. The average Bonchev–Trinajstić information content (AvgIpc) is 3.41. The van der Waals surface area contributed by atoms with Crippen molar-refractivity contribution in [3.05, 3.63) is 51.6 Å². The first kappa shape index (κ1) is 19.1. The second-order valence-electron chi connectivity index (χ2n) is 5.94. The Labute approximate surface area is 173 Å². The van der Waals surface area contributed by atoms with Gasteiger partial charge in [-0.2, -0.15) is 5.10 Å². The molecule has 3 aromatic heterocycles. The van der Waals surface area contributed by atoms with Gasteiger partial charge in [0.1, 0.15) is 6.54 Å². The number of nitrogens with zero attached hydrogens (tertiary/aromatic N) is 3. The van der Waals surface area contributed by atoms with E-state index in [4.69, 9.17) is 9.47 Å². The highest BCUT2D eigenvalue weighted by Gasteiger charge is 2.16. The quantitative estimate of drug-likeness (QED) is 0.507. The smallest absolute Gasteiger partial charge is 0.279 e. The van der Waals surface area contributed by atoms with Gasteiger partial charge in [-0.15, -0.1) is 22.7 Å². The molecule has 0 unspecified atom stereocenters. The van der Waals surface area contributed by atoms with E-state index in [-0.39, 0.29) is 6.54 Å². The highest BCUT2D eigenvalue weighted by molar-refractivity contribution is 7.16. The Kier molecular flexibility index (Phi) is 5.28. The van der Waals surface area contributed by atoms with Gasteiger partial charge in [0, 0.05) is 10.8 Å². The van der Waals surface area contributed by atoms with Gasteiger partial charge in [0.05, 0.1) is 36.4 Å². The summed E-state index contributed by atoms with van der Waals surface area (Å²) in [6, 6.07) is 7.33. The van der Waals surface area contributed by atoms with Crippen LogP contribution in [-0.4, -0.2) is 34.9 Å². The number of thiophene rings is 1. The number of rotatable bonds is 6. The number of fused-ring (bicyclic) bond motifs is 1. The number of thiazole rings is 1. The molecule has 0 atom stereocenters. The Morgan fingerprint density at radius 2 is 2.07 bits per heavy atom. The maximum Gasteiger partial charge on any atom is 0.279 e. The van der Waals surface area contributed by atoms with E-state index in [0.29, 0.717) is 27.4 Å². The summed E-state index contributed by atoms with van der Waals surface area (Å²) in [4.78, 5) is 30.8. The normalized spacial score (nSPS) is 10.8. The minimum atomic E-state index is -0.438. The molecule has 1 amide bonds. The van der Waals surface area contributed by atoms with E-state index in [1.807, 2.05) is 22.9 Å². The molecule has 0 aliphatic heterocycles. The summed E-state index contributed by atoms with van der Waals surface area (Å²) in [5.74, 6) is 0.350. The number of amides is 1. The number of hydrogen-bond donors (Lipinski definition) is 1. The topological polar surface area (TPSA) is 95.3 Å². The lowest BCUT2D eigenvalue weighted by Gasteiger charge is -2.11. The molecular weight excluding hydrogens is 412 g/mol. The Morgan fingerprint density at radius 3 is 2.79 bits per heavy atom. The number of carbonyl (C=O) groups is 1. The number of methoxy groups -OCH3 is 2. The maximum absolute atomic E-state index is 12.9. The average molecular weight is 428 g/mol. The summed E-state index contributed by atoms with van der Waals surface area (Å²) in [5, 5.41) is 12.0. The second kappa shape index (κ2) is 8.02. The summed E-state index contributed by atoms with van der Waals surface area (Å²) < 4.78 is 11.7. The van der Waals surface area contributed by atoms with Gasteiger partial charge in [0.15, 0.2) is 16.6 Å². The van der Waals surface area contributed by atoms with Crippen molar-refractivity contribution in [3.8, 4) is 22.1 Å². The summed E-state index contributed by atoms with van der Waals surface area (Å²) >= 11 is 2.90. The van der Waals surface area contributed by atoms with E-state index in [2.05, 4.69) is 15.4 Å². The van der Waals surface area contributed by atoms with E-state index in [0.717, 1.165) is 15.3 Å². The number of aromatic nitrogens is 3. The predicted octanol–water partition coefficient (Wildman–Crippen LogP) is 3.24. The fourth-order valence-electron chi connectivity index (χ4n) is 2.86. The van der Waals surface area contributed by atoms with E-state index in [1.165, 1.54) is 31.8 Å². The number of ether oxygens (including phenoxy) is 2. The first-order valence-corrected chi connectivity index (χ1v) is 10.3. The van der Waals surface area contributed by atoms with Crippen LogP contribution in [0.25, 0.3) is 21.3 Å². The molecule has 0 bridgehead atoms.